The fourth-order valence-corrected chi connectivity index (χ4v) is 3.24. The van der Waals surface area contributed by atoms with E-state index in [0.29, 0.717) is 6.04 Å². The molecular weight excluding hydrogens is 332 g/mol. The standard InChI is InChI=1S/C23H28N2O.CH4/c1-18(6-3-4-7-19-8-5-9-23(15-19)26-2)25-16-20-10-11-22-17-24-13-12-21(22)14-20;/h5,8-15,17-18,25H,3-4,6-7,16H2,1-2H3;1H4/t18-;/m1./s1. The summed E-state index contributed by atoms with van der Waals surface area (Å²) in [6, 6.07) is 17.6. The van der Waals surface area contributed by atoms with Crippen molar-refractivity contribution >= 4 is 10.8 Å². The van der Waals surface area contributed by atoms with Crippen LogP contribution in [0.4, 0.5) is 0 Å². The molecule has 0 aliphatic heterocycles. The zero-order valence-electron chi connectivity index (χ0n) is 15.7. The number of hydrogen-bond donors (Lipinski definition) is 1. The molecule has 0 amide bonds. The van der Waals surface area contributed by atoms with Gasteiger partial charge in [-0.05, 0) is 67.0 Å². The van der Waals surface area contributed by atoms with Gasteiger partial charge < -0.3 is 10.1 Å². The number of rotatable bonds is 9. The van der Waals surface area contributed by atoms with E-state index < -0.39 is 0 Å². The lowest BCUT2D eigenvalue weighted by Gasteiger charge is -2.14. The lowest BCUT2D eigenvalue weighted by atomic mass is 10.0. The number of aromatic nitrogens is 1. The lowest BCUT2D eigenvalue weighted by molar-refractivity contribution is 0.414. The Labute approximate surface area is 163 Å². The van der Waals surface area contributed by atoms with Crippen LogP contribution >= 0.6 is 0 Å². The monoisotopic (exact) mass is 364 g/mol. The Hall–Kier alpha value is -2.39. The quantitative estimate of drug-likeness (QED) is 0.489. The number of ether oxygens (including phenoxy) is 1. The van der Waals surface area contributed by atoms with Crippen molar-refractivity contribution in [3.05, 3.63) is 72.1 Å². The van der Waals surface area contributed by atoms with Gasteiger partial charge in [-0.2, -0.15) is 0 Å². The molecule has 144 valence electrons. The van der Waals surface area contributed by atoms with E-state index in [1.807, 2.05) is 18.5 Å². The third-order valence-corrected chi connectivity index (χ3v) is 4.85. The predicted octanol–water partition coefficient (Wildman–Crippen LogP) is 5.77. The predicted molar refractivity (Wildman–Crippen MR) is 115 cm³/mol. The SMILES string of the molecule is C.COc1cccc(CCCC[C@@H](C)NCc2ccc3cnccc3c2)c1. The van der Waals surface area contributed by atoms with Crippen LogP contribution in [0.15, 0.2) is 60.9 Å². The highest BCUT2D eigenvalue weighted by Crippen LogP contribution is 2.16. The molecule has 2 aromatic carbocycles. The Morgan fingerprint density at radius 3 is 2.74 bits per heavy atom. The molecule has 3 rings (SSSR count). The van der Waals surface area contributed by atoms with Gasteiger partial charge in [-0.1, -0.05) is 38.1 Å². The van der Waals surface area contributed by atoms with Gasteiger partial charge in [-0.3, -0.25) is 4.98 Å². The van der Waals surface area contributed by atoms with E-state index in [-0.39, 0.29) is 7.43 Å². The van der Waals surface area contributed by atoms with Gasteiger partial charge in [-0.15, -0.1) is 0 Å². The lowest BCUT2D eigenvalue weighted by Crippen LogP contribution is -2.25. The van der Waals surface area contributed by atoms with Crippen molar-refractivity contribution in [3.63, 3.8) is 0 Å². The van der Waals surface area contributed by atoms with Crippen molar-refractivity contribution in [2.45, 2.75) is 52.6 Å². The van der Waals surface area contributed by atoms with Crippen LogP contribution in [-0.4, -0.2) is 18.1 Å². The molecule has 0 spiro atoms. The van der Waals surface area contributed by atoms with Gasteiger partial charge in [0, 0.05) is 30.4 Å². The first kappa shape index (κ1) is 20.9. The third kappa shape index (κ3) is 6.37. The average Bonchev–Trinajstić information content (AvgIpc) is 2.69. The van der Waals surface area contributed by atoms with Crippen LogP contribution in [0.5, 0.6) is 5.75 Å². The molecule has 0 aliphatic carbocycles. The number of nitrogens with one attached hydrogen (secondary N) is 1. The maximum Gasteiger partial charge on any atom is 0.119 e. The molecule has 1 heterocycles. The van der Waals surface area contributed by atoms with Crippen LogP contribution in [-0.2, 0) is 13.0 Å². The van der Waals surface area contributed by atoms with E-state index in [1.165, 1.54) is 41.2 Å². The minimum absolute atomic E-state index is 0. The van der Waals surface area contributed by atoms with Crippen LogP contribution in [0.2, 0.25) is 0 Å². The summed E-state index contributed by atoms with van der Waals surface area (Å²) < 4.78 is 5.29. The first-order valence-electron chi connectivity index (χ1n) is 9.43. The second-order valence-electron chi connectivity index (χ2n) is 6.94. The number of benzene rings is 2. The van der Waals surface area contributed by atoms with Gasteiger partial charge in [0.1, 0.15) is 5.75 Å². The van der Waals surface area contributed by atoms with Crippen molar-refractivity contribution in [3.8, 4) is 5.75 Å². The number of nitrogens with zero attached hydrogens (tertiary/aromatic N) is 1. The van der Waals surface area contributed by atoms with Crippen LogP contribution in [0.1, 0.15) is 44.7 Å². The highest BCUT2D eigenvalue weighted by atomic mass is 16.5. The minimum Gasteiger partial charge on any atom is -0.497 e. The van der Waals surface area contributed by atoms with Crippen LogP contribution in [0, 0.1) is 0 Å². The van der Waals surface area contributed by atoms with Crippen molar-refractivity contribution in [1.82, 2.24) is 10.3 Å². The number of hydrogen-bond acceptors (Lipinski definition) is 3. The van der Waals surface area contributed by atoms with Crippen molar-refractivity contribution in [2.24, 2.45) is 0 Å². The first-order chi connectivity index (χ1) is 12.7. The molecule has 0 aliphatic rings. The Balaban J connectivity index is 0.00000261. The minimum atomic E-state index is 0. The molecule has 1 atom stereocenters. The van der Waals surface area contributed by atoms with Crippen LogP contribution in [0.3, 0.4) is 0 Å². The molecule has 0 bridgehead atoms. The Bertz CT molecular complexity index is 831. The van der Waals surface area contributed by atoms with Crippen LogP contribution in [0.25, 0.3) is 10.8 Å². The summed E-state index contributed by atoms with van der Waals surface area (Å²) in [6.45, 7) is 3.19. The van der Waals surface area contributed by atoms with Crippen molar-refractivity contribution in [2.75, 3.05) is 7.11 Å². The number of aryl methyl sites for hydroxylation is 1. The summed E-state index contributed by atoms with van der Waals surface area (Å²) in [4.78, 5) is 4.17. The normalized spacial score (nSPS) is 11.8. The van der Waals surface area contributed by atoms with Gasteiger partial charge in [0.2, 0.25) is 0 Å². The van der Waals surface area contributed by atoms with E-state index in [1.54, 1.807) is 7.11 Å². The molecule has 27 heavy (non-hydrogen) atoms. The maximum absolute atomic E-state index is 5.29. The van der Waals surface area contributed by atoms with E-state index in [4.69, 9.17) is 4.74 Å². The van der Waals surface area contributed by atoms with E-state index >= 15 is 0 Å². The molecule has 1 N–H and O–H groups in total. The number of fused-ring (bicyclic) bond motifs is 1. The first-order valence-corrected chi connectivity index (χ1v) is 9.43. The molecule has 0 saturated carbocycles. The zero-order valence-corrected chi connectivity index (χ0v) is 15.7. The van der Waals surface area contributed by atoms with Crippen molar-refractivity contribution in [1.29, 1.82) is 0 Å². The largest absolute Gasteiger partial charge is 0.497 e. The number of unbranched alkanes of at least 4 members (excludes halogenated alkanes) is 1. The average molecular weight is 365 g/mol. The van der Waals surface area contributed by atoms with Crippen LogP contribution < -0.4 is 10.1 Å². The van der Waals surface area contributed by atoms with E-state index in [2.05, 4.69) is 59.7 Å². The fourth-order valence-electron chi connectivity index (χ4n) is 3.24. The highest BCUT2D eigenvalue weighted by Gasteiger charge is 2.03. The molecule has 0 radical (unpaired) electrons. The van der Waals surface area contributed by atoms with Gasteiger partial charge in [0.25, 0.3) is 0 Å². The van der Waals surface area contributed by atoms with Gasteiger partial charge in [0.05, 0.1) is 7.11 Å². The summed E-state index contributed by atoms with van der Waals surface area (Å²) in [5, 5.41) is 6.10. The zero-order chi connectivity index (χ0) is 18.2. The van der Waals surface area contributed by atoms with E-state index in [9.17, 15) is 0 Å². The fraction of sp³-hybridized carbons (Fsp3) is 0.375. The second-order valence-corrected chi connectivity index (χ2v) is 6.94. The summed E-state index contributed by atoms with van der Waals surface area (Å²) in [5.74, 6) is 0.948. The Morgan fingerprint density at radius 2 is 1.89 bits per heavy atom. The Kier molecular flexibility index (Phi) is 8.28. The highest BCUT2D eigenvalue weighted by molar-refractivity contribution is 5.81. The Morgan fingerprint density at radius 1 is 1.00 bits per heavy atom. The summed E-state index contributed by atoms with van der Waals surface area (Å²) in [6.07, 6.45) is 8.52. The van der Waals surface area contributed by atoms with Crippen molar-refractivity contribution < 1.29 is 4.74 Å². The smallest absolute Gasteiger partial charge is 0.119 e. The molecule has 1 aromatic heterocycles. The summed E-state index contributed by atoms with van der Waals surface area (Å²) in [5.41, 5.74) is 2.68. The molecule has 3 aromatic rings. The molecule has 0 saturated heterocycles. The van der Waals surface area contributed by atoms with E-state index in [0.717, 1.165) is 18.7 Å². The number of pyridine rings is 1. The molecule has 0 fully saturated rings. The number of methoxy groups -OCH3 is 1. The maximum atomic E-state index is 5.29. The molecule has 3 nitrogen and oxygen atoms in total. The summed E-state index contributed by atoms with van der Waals surface area (Å²) >= 11 is 0. The molecular formula is C24H32N2O. The topological polar surface area (TPSA) is 34.1 Å². The van der Waals surface area contributed by atoms with Gasteiger partial charge >= 0.3 is 0 Å². The molecule has 3 heteroatoms. The van der Waals surface area contributed by atoms with Gasteiger partial charge in [0.15, 0.2) is 0 Å². The van der Waals surface area contributed by atoms with Gasteiger partial charge in [-0.25, -0.2) is 0 Å². The second kappa shape index (κ2) is 10.7. The third-order valence-electron chi connectivity index (χ3n) is 4.85. The molecule has 0 unspecified atom stereocenters. The summed E-state index contributed by atoms with van der Waals surface area (Å²) in [7, 11) is 1.72.